The van der Waals surface area contributed by atoms with Crippen LogP contribution >= 0.6 is 57.7 Å². The second-order valence-corrected chi connectivity index (χ2v) is 9.87. The summed E-state index contributed by atoms with van der Waals surface area (Å²) in [4.78, 5) is 23.2. The minimum atomic E-state index is -0.486. The van der Waals surface area contributed by atoms with Gasteiger partial charge in [0.15, 0.2) is 5.75 Å². The highest BCUT2D eigenvalue weighted by Gasteiger charge is 2.14. The van der Waals surface area contributed by atoms with Crippen molar-refractivity contribution in [2.45, 2.75) is 6.61 Å². The van der Waals surface area contributed by atoms with Crippen molar-refractivity contribution in [3.8, 4) is 5.75 Å². The highest BCUT2D eigenvalue weighted by atomic mass is 35.5. The molecule has 3 aromatic carbocycles. The second kappa shape index (κ2) is 10.8. The maximum Gasteiger partial charge on any atom is 0.281 e. The Hall–Kier alpha value is -2.88. The van der Waals surface area contributed by atoms with E-state index in [-0.39, 0.29) is 28.1 Å². The van der Waals surface area contributed by atoms with E-state index in [9.17, 15) is 14.9 Å². The highest BCUT2D eigenvalue weighted by molar-refractivity contribution is 7.20. The molecular formula is C23H13Cl4N3O4S. The van der Waals surface area contributed by atoms with Gasteiger partial charge in [0.2, 0.25) is 0 Å². The van der Waals surface area contributed by atoms with E-state index in [1.165, 1.54) is 29.7 Å². The highest BCUT2D eigenvalue weighted by Crippen LogP contribution is 2.35. The number of carbonyl (C=O) groups is 1. The number of nitro groups is 1. The van der Waals surface area contributed by atoms with Crippen LogP contribution in [-0.4, -0.2) is 17.0 Å². The number of nitrogens with one attached hydrogen (secondary N) is 1. The molecule has 178 valence electrons. The third-order valence-electron chi connectivity index (χ3n) is 4.72. The molecular weight excluding hydrogens is 556 g/mol. The van der Waals surface area contributed by atoms with E-state index in [0.29, 0.717) is 31.4 Å². The quantitative estimate of drug-likeness (QED) is 0.140. The lowest BCUT2D eigenvalue weighted by Gasteiger charge is -2.12. The molecule has 1 amide bonds. The Labute approximate surface area is 223 Å². The number of non-ortho nitro benzene ring substituents is 1. The fraction of sp³-hybridized carbons (Fsp3) is 0.0435. The third kappa shape index (κ3) is 6.04. The lowest BCUT2D eigenvalue weighted by Crippen LogP contribution is -2.16. The molecule has 0 aliphatic carbocycles. The molecule has 1 heterocycles. The van der Waals surface area contributed by atoms with Crippen LogP contribution in [0.2, 0.25) is 20.1 Å². The van der Waals surface area contributed by atoms with Gasteiger partial charge in [-0.25, -0.2) is 5.43 Å². The molecule has 4 rings (SSSR count). The number of thiophene rings is 1. The number of hydrogen-bond acceptors (Lipinski definition) is 6. The SMILES string of the molecule is O=C(N/N=C\c1cc(Cl)c(OCc2ccc(Cl)cc2Cl)c(Cl)c1)c1cc2cc([N+](=O)[O-])ccc2s1. The van der Waals surface area contributed by atoms with E-state index in [1.54, 1.807) is 42.5 Å². The normalized spacial score (nSPS) is 11.2. The summed E-state index contributed by atoms with van der Waals surface area (Å²) in [5.74, 6) is -0.179. The molecule has 0 atom stereocenters. The van der Waals surface area contributed by atoms with Crippen molar-refractivity contribution in [2.75, 3.05) is 0 Å². The van der Waals surface area contributed by atoms with Crippen LogP contribution in [0, 0.1) is 10.1 Å². The minimum absolute atomic E-state index is 0.0438. The van der Waals surface area contributed by atoms with Gasteiger partial charge in [-0.05, 0) is 42.0 Å². The summed E-state index contributed by atoms with van der Waals surface area (Å²) in [6.45, 7) is 0.136. The molecule has 0 unspecified atom stereocenters. The number of nitrogens with zero attached hydrogens (tertiary/aromatic N) is 2. The number of hydrogen-bond donors (Lipinski definition) is 1. The Bertz CT molecular complexity index is 1470. The third-order valence-corrected chi connectivity index (χ3v) is 6.99. The van der Waals surface area contributed by atoms with Crippen LogP contribution < -0.4 is 10.2 Å². The van der Waals surface area contributed by atoms with Gasteiger partial charge in [-0.2, -0.15) is 5.10 Å². The van der Waals surface area contributed by atoms with Crippen molar-refractivity contribution in [2.24, 2.45) is 5.10 Å². The summed E-state index contributed by atoms with van der Waals surface area (Å²) in [5, 5.41) is 17.0. The van der Waals surface area contributed by atoms with Gasteiger partial charge in [-0.1, -0.05) is 52.5 Å². The number of carbonyl (C=O) groups excluding carboxylic acids is 1. The number of nitro benzene ring substituents is 1. The molecule has 0 fully saturated rings. The summed E-state index contributed by atoms with van der Waals surface area (Å²) in [7, 11) is 0. The zero-order valence-corrected chi connectivity index (χ0v) is 21.3. The van der Waals surface area contributed by atoms with Gasteiger partial charge in [0.05, 0.1) is 26.1 Å². The minimum Gasteiger partial charge on any atom is -0.486 e. The van der Waals surface area contributed by atoms with Gasteiger partial charge in [0.1, 0.15) is 6.61 Å². The van der Waals surface area contributed by atoms with Crippen LogP contribution in [-0.2, 0) is 6.61 Å². The molecule has 0 bridgehead atoms. The number of amides is 1. The van der Waals surface area contributed by atoms with Crippen LogP contribution in [0.3, 0.4) is 0 Å². The summed E-state index contributed by atoms with van der Waals surface area (Å²) in [6.07, 6.45) is 1.38. The summed E-state index contributed by atoms with van der Waals surface area (Å²) in [6, 6.07) is 14.2. The summed E-state index contributed by atoms with van der Waals surface area (Å²) < 4.78 is 6.48. The van der Waals surface area contributed by atoms with E-state index in [0.717, 1.165) is 4.70 Å². The Morgan fingerprint density at radius 2 is 1.77 bits per heavy atom. The topological polar surface area (TPSA) is 93.8 Å². The van der Waals surface area contributed by atoms with Crippen LogP contribution in [0.4, 0.5) is 5.69 Å². The van der Waals surface area contributed by atoms with Gasteiger partial charge >= 0.3 is 0 Å². The maximum absolute atomic E-state index is 12.4. The standard InChI is InChI=1S/C23H13Cl4N3O4S/c24-15-2-1-13(17(25)9-15)11-34-22-18(26)5-12(6-19(22)27)10-28-29-23(31)21-8-14-7-16(30(32)33)3-4-20(14)35-21/h1-10H,11H2,(H,29,31)/b28-10-. The fourth-order valence-corrected chi connectivity index (χ4v) is 5.07. The number of benzene rings is 3. The monoisotopic (exact) mass is 567 g/mol. The van der Waals surface area contributed by atoms with Crippen LogP contribution in [0.5, 0.6) is 5.75 Å². The maximum atomic E-state index is 12.4. The molecule has 0 saturated carbocycles. The largest absolute Gasteiger partial charge is 0.486 e. The van der Waals surface area contributed by atoms with Crippen molar-refractivity contribution >= 4 is 85.6 Å². The Morgan fingerprint density at radius 3 is 2.46 bits per heavy atom. The Morgan fingerprint density at radius 1 is 1.03 bits per heavy atom. The van der Waals surface area contributed by atoms with Crippen molar-refractivity contribution < 1.29 is 14.5 Å². The summed E-state index contributed by atoms with van der Waals surface area (Å²) in [5.41, 5.74) is 3.62. The first kappa shape index (κ1) is 25.2. The first-order valence-electron chi connectivity index (χ1n) is 9.78. The molecule has 0 radical (unpaired) electrons. The van der Waals surface area contributed by atoms with Crippen LogP contribution in [0.25, 0.3) is 10.1 Å². The molecule has 1 N–H and O–H groups in total. The zero-order valence-electron chi connectivity index (χ0n) is 17.4. The van der Waals surface area contributed by atoms with Crippen molar-refractivity contribution in [3.05, 3.63) is 101 Å². The molecule has 7 nitrogen and oxygen atoms in total. The first-order valence-corrected chi connectivity index (χ1v) is 12.1. The van der Waals surface area contributed by atoms with Gasteiger partial charge < -0.3 is 4.74 Å². The molecule has 0 aliphatic heterocycles. The van der Waals surface area contributed by atoms with Crippen LogP contribution in [0.1, 0.15) is 20.8 Å². The van der Waals surface area contributed by atoms with E-state index in [2.05, 4.69) is 10.5 Å². The van der Waals surface area contributed by atoms with E-state index in [1.807, 2.05) is 0 Å². The van der Waals surface area contributed by atoms with E-state index >= 15 is 0 Å². The zero-order chi connectivity index (χ0) is 25.1. The van der Waals surface area contributed by atoms with Crippen molar-refractivity contribution in [3.63, 3.8) is 0 Å². The average Bonchev–Trinajstić information content (AvgIpc) is 3.23. The number of hydrazone groups is 1. The molecule has 4 aromatic rings. The predicted octanol–water partition coefficient (Wildman–Crippen LogP) is 7.77. The number of fused-ring (bicyclic) bond motifs is 1. The fourth-order valence-electron chi connectivity index (χ4n) is 3.06. The molecule has 12 heteroatoms. The number of halogens is 4. The lowest BCUT2D eigenvalue weighted by atomic mass is 10.2. The average molecular weight is 569 g/mol. The van der Waals surface area contributed by atoms with Gasteiger partial charge in [0.25, 0.3) is 11.6 Å². The molecule has 1 aromatic heterocycles. The lowest BCUT2D eigenvalue weighted by molar-refractivity contribution is -0.384. The Balaban J connectivity index is 1.42. The first-order chi connectivity index (χ1) is 16.7. The van der Waals surface area contributed by atoms with Gasteiger partial charge in [0, 0.05) is 37.8 Å². The van der Waals surface area contributed by atoms with Crippen molar-refractivity contribution in [1.29, 1.82) is 0 Å². The van der Waals surface area contributed by atoms with Gasteiger partial charge in [-0.15, -0.1) is 11.3 Å². The van der Waals surface area contributed by atoms with Crippen LogP contribution in [0.15, 0.2) is 59.7 Å². The van der Waals surface area contributed by atoms with Gasteiger partial charge in [-0.3, -0.25) is 14.9 Å². The second-order valence-electron chi connectivity index (χ2n) is 7.13. The number of ether oxygens (including phenoxy) is 1. The molecule has 0 spiro atoms. The Kier molecular flexibility index (Phi) is 7.78. The molecule has 35 heavy (non-hydrogen) atoms. The van der Waals surface area contributed by atoms with E-state index in [4.69, 9.17) is 51.1 Å². The predicted molar refractivity (Wildman–Crippen MR) is 141 cm³/mol. The molecule has 0 aliphatic rings. The number of rotatable bonds is 7. The van der Waals surface area contributed by atoms with E-state index < -0.39 is 10.8 Å². The summed E-state index contributed by atoms with van der Waals surface area (Å²) >= 11 is 25.9. The van der Waals surface area contributed by atoms with Crippen molar-refractivity contribution in [1.82, 2.24) is 5.43 Å². The molecule has 0 saturated heterocycles. The smallest absolute Gasteiger partial charge is 0.281 e.